The summed E-state index contributed by atoms with van der Waals surface area (Å²) >= 11 is 1.27. The maximum Gasteiger partial charge on any atom is 0.338 e. The molecule has 0 aliphatic carbocycles. The number of ether oxygens (including phenoxy) is 5. The number of allylic oxidation sites excluding steroid dienone is 1. The minimum absolute atomic E-state index is 0.182. The molecule has 0 radical (unpaired) electrons. The fraction of sp³-hybridized carbons (Fsp3) is 0.281. The van der Waals surface area contributed by atoms with Gasteiger partial charge in [0, 0.05) is 28.7 Å². The number of thiazole rings is 1. The van der Waals surface area contributed by atoms with E-state index in [1.807, 2.05) is 44.2 Å². The van der Waals surface area contributed by atoms with Gasteiger partial charge in [-0.1, -0.05) is 11.3 Å². The molecule has 0 unspecified atom stereocenters. The van der Waals surface area contributed by atoms with Crippen LogP contribution in [0, 0.1) is 13.8 Å². The number of rotatable bonds is 7. The summed E-state index contributed by atoms with van der Waals surface area (Å²) in [6.07, 6.45) is 1.87. The van der Waals surface area contributed by atoms with Crippen molar-refractivity contribution >= 4 is 23.4 Å². The predicted molar refractivity (Wildman–Crippen MR) is 161 cm³/mol. The summed E-state index contributed by atoms with van der Waals surface area (Å²) in [6.45, 7) is 7.90. The highest BCUT2D eigenvalue weighted by Gasteiger charge is 2.35. The second-order valence-electron chi connectivity index (χ2n) is 10.1. The monoisotopic (exact) mass is 601 g/mol. The Morgan fingerprint density at radius 1 is 1.07 bits per heavy atom. The van der Waals surface area contributed by atoms with Crippen molar-refractivity contribution in [2.24, 2.45) is 4.99 Å². The van der Waals surface area contributed by atoms with E-state index in [9.17, 15) is 9.59 Å². The van der Waals surface area contributed by atoms with Crippen molar-refractivity contribution in [1.82, 2.24) is 9.13 Å². The molecule has 2 aliphatic heterocycles. The van der Waals surface area contributed by atoms with E-state index in [-0.39, 0.29) is 24.5 Å². The molecule has 0 amide bonds. The molecule has 1 atom stereocenters. The molecule has 4 aromatic rings. The van der Waals surface area contributed by atoms with Crippen LogP contribution in [0.3, 0.4) is 0 Å². The van der Waals surface area contributed by atoms with E-state index >= 15 is 0 Å². The summed E-state index contributed by atoms with van der Waals surface area (Å²) in [5.74, 6) is 1.93. The lowest BCUT2D eigenvalue weighted by molar-refractivity contribution is -0.139. The van der Waals surface area contributed by atoms with Crippen molar-refractivity contribution in [3.63, 3.8) is 0 Å². The van der Waals surface area contributed by atoms with Gasteiger partial charge in [0.1, 0.15) is 17.5 Å². The first-order chi connectivity index (χ1) is 20.7. The Morgan fingerprint density at radius 2 is 1.86 bits per heavy atom. The third-order valence-electron chi connectivity index (χ3n) is 7.62. The van der Waals surface area contributed by atoms with Crippen molar-refractivity contribution in [1.29, 1.82) is 0 Å². The number of fused-ring (bicyclic) bond motifs is 2. The molecule has 222 valence electrons. The number of aryl methyl sites for hydroxylation is 1. The van der Waals surface area contributed by atoms with Gasteiger partial charge in [0.25, 0.3) is 5.56 Å². The number of benzene rings is 2. The van der Waals surface area contributed by atoms with Crippen molar-refractivity contribution in [2.75, 3.05) is 27.6 Å². The number of esters is 1. The number of aromatic nitrogens is 2. The van der Waals surface area contributed by atoms with E-state index in [2.05, 4.69) is 4.57 Å². The molecule has 0 saturated carbocycles. The summed E-state index contributed by atoms with van der Waals surface area (Å²) in [6, 6.07) is 12.3. The largest absolute Gasteiger partial charge is 0.497 e. The minimum Gasteiger partial charge on any atom is -0.497 e. The van der Waals surface area contributed by atoms with Gasteiger partial charge in [-0.05, 0) is 75.7 Å². The van der Waals surface area contributed by atoms with Crippen molar-refractivity contribution < 1.29 is 28.5 Å². The van der Waals surface area contributed by atoms with Gasteiger partial charge in [-0.3, -0.25) is 9.36 Å². The molecule has 10 nitrogen and oxygen atoms in total. The van der Waals surface area contributed by atoms with Gasteiger partial charge in [-0.25, -0.2) is 9.79 Å². The van der Waals surface area contributed by atoms with Crippen LogP contribution in [0.15, 0.2) is 63.5 Å². The molecule has 0 N–H and O–H groups in total. The number of methoxy groups -OCH3 is 2. The van der Waals surface area contributed by atoms with Crippen molar-refractivity contribution in [3.8, 4) is 28.7 Å². The highest BCUT2D eigenvalue weighted by molar-refractivity contribution is 7.07. The SMILES string of the molecule is CCOC(=O)C1=C(C)N=c2s/c(=C/c3cc(C)n(-c4ccc5c(c4)OCO5)c3C)c(=O)n2[C@@H]1c1cc(OC)ccc1OC. The van der Waals surface area contributed by atoms with Gasteiger partial charge >= 0.3 is 5.97 Å². The molecule has 2 aromatic heterocycles. The molecule has 2 aliphatic rings. The predicted octanol–water partition coefficient (Wildman–Crippen LogP) is 3.95. The van der Waals surface area contributed by atoms with Crippen LogP contribution in [0.4, 0.5) is 0 Å². The van der Waals surface area contributed by atoms with Gasteiger partial charge < -0.3 is 28.3 Å². The maximum atomic E-state index is 14.2. The van der Waals surface area contributed by atoms with Crippen LogP contribution in [-0.2, 0) is 9.53 Å². The molecular formula is C32H31N3O7S. The smallest absolute Gasteiger partial charge is 0.338 e. The Labute approximate surface area is 251 Å². The molecule has 0 bridgehead atoms. The number of hydrogen-bond donors (Lipinski definition) is 0. The lowest BCUT2D eigenvalue weighted by atomic mass is 9.94. The Kier molecular flexibility index (Phi) is 7.35. The number of carbonyl (C=O) groups is 1. The fourth-order valence-electron chi connectivity index (χ4n) is 5.64. The first kappa shape index (κ1) is 28.4. The third kappa shape index (κ3) is 4.79. The fourth-order valence-corrected chi connectivity index (χ4v) is 6.67. The van der Waals surface area contributed by atoms with Gasteiger partial charge in [0.05, 0.1) is 36.6 Å². The first-order valence-corrected chi connectivity index (χ1v) is 14.6. The first-order valence-electron chi connectivity index (χ1n) is 13.8. The zero-order chi connectivity index (χ0) is 30.4. The van der Waals surface area contributed by atoms with Crippen LogP contribution in [0.5, 0.6) is 23.0 Å². The summed E-state index contributed by atoms with van der Waals surface area (Å²) in [4.78, 5) is 32.7. The van der Waals surface area contributed by atoms with Gasteiger partial charge in [0.15, 0.2) is 16.3 Å². The van der Waals surface area contributed by atoms with Crippen molar-refractivity contribution in [2.45, 2.75) is 33.7 Å². The number of nitrogens with zero attached hydrogens (tertiary/aromatic N) is 3. The summed E-state index contributed by atoms with van der Waals surface area (Å²) in [7, 11) is 3.11. The van der Waals surface area contributed by atoms with Crippen LogP contribution in [0.1, 0.15) is 42.4 Å². The quantitative estimate of drug-likeness (QED) is 0.296. The second kappa shape index (κ2) is 11.1. The average molecular weight is 602 g/mol. The molecule has 0 spiro atoms. The van der Waals surface area contributed by atoms with E-state index in [0.717, 1.165) is 22.6 Å². The van der Waals surface area contributed by atoms with Crippen LogP contribution >= 0.6 is 11.3 Å². The highest BCUT2D eigenvalue weighted by atomic mass is 32.1. The van der Waals surface area contributed by atoms with Gasteiger partial charge in [0.2, 0.25) is 6.79 Å². The molecule has 0 fully saturated rings. The minimum atomic E-state index is -0.830. The third-order valence-corrected chi connectivity index (χ3v) is 8.60. The Balaban J connectivity index is 1.53. The zero-order valence-electron chi connectivity index (χ0n) is 24.7. The zero-order valence-corrected chi connectivity index (χ0v) is 25.5. The van der Waals surface area contributed by atoms with E-state index < -0.39 is 12.0 Å². The average Bonchev–Trinajstić information content (AvgIpc) is 3.67. The molecule has 4 heterocycles. The summed E-state index contributed by atoms with van der Waals surface area (Å²) < 4.78 is 31.8. The van der Waals surface area contributed by atoms with Gasteiger partial charge in [-0.2, -0.15) is 0 Å². The standard InChI is InChI=1S/C32H31N3O7S/c1-7-40-31(37)28-18(3)33-32-35(29(28)23-15-22(38-5)9-11-24(23)39-6)30(36)27(43-32)13-20-12-17(2)34(19(20)4)21-8-10-25-26(14-21)42-16-41-25/h8-15,29H,7,16H2,1-6H3/b27-13+/t29-/m1/s1. The van der Waals surface area contributed by atoms with E-state index in [4.69, 9.17) is 28.7 Å². The normalized spacial score (nSPS) is 15.8. The lowest BCUT2D eigenvalue weighted by Crippen LogP contribution is -2.40. The van der Waals surface area contributed by atoms with Crippen LogP contribution in [0.25, 0.3) is 11.8 Å². The maximum absolute atomic E-state index is 14.2. The van der Waals surface area contributed by atoms with Crippen LogP contribution in [-0.4, -0.2) is 42.7 Å². The van der Waals surface area contributed by atoms with E-state index in [1.54, 1.807) is 50.8 Å². The van der Waals surface area contributed by atoms with E-state index in [1.165, 1.54) is 11.3 Å². The molecule has 11 heteroatoms. The Bertz CT molecular complexity index is 1980. The second-order valence-corrected chi connectivity index (χ2v) is 11.1. The molecule has 2 aromatic carbocycles. The Hall–Kier alpha value is -4.77. The lowest BCUT2D eigenvalue weighted by Gasteiger charge is -2.26. The number of carbonyl (C=O) groups excluding carboxylic acids is 1. The Morgan fingerprint density at radius 3 is 2.60 bits per heavy atom. The highest BCUT2D eigenvalue weighted by Crippen LogP contribution is 2.38. The molecular weight excluding hydrogens is 570 g/mol. The van der Waals surface area contributed by atoms with Crippen molar-refractivity contribution in [3.05, 3.63) is 95.9 Å². The van der Waals surface area contributed by atoms with Gasteiger partial charge in [-0.15, -0.1) is 0 Å². The molecule has 0 saturated heterocycles. The summed E-state index contributed by atoms with van der Waals surface area (Å²) in [5, 5.41) is 0. The van der Waals surface area contributed by atoms with Crippen LogP contribution in [0.2, 0.25) is 0 Å². The number of hydrogen-bond acceptors (Lipinski definition) is 9. The topological polar surface area (TPSA) is 103 Å². The molecule has 43 heavy (non-hydrogen) atoms. The summed E-state index contributed by atoms with van der Waals surface area (Å²) in [5.41, 5.74) is 4.83. The van der Waals surface area contributed by atoms with Crippen LogP contribution < -0.4 is 33.8 Å². The molecule has 6 rings (SSSR count). The van der Waals surface area contributed by atoms with E-state index in [0.29, 0.717) is 43.6 Å².